The van der Waals surface area contributed by atoms with Gasteiger partial charge in [0, 0.05) is 13.5 Å². The molecule has 1 aromatic carbocycles. The molecule has 1 aliphatic carbocycles. The molecule has 0 saturated carbocycles. The highest BCUT2D eigenvalue weighted by molar-refractivity contribution is 6.74. The normalized spacial score (nSPS) is 27.6. The molecule has 0 saturated heterocycles. The van der Waals surface area contributed by atoms with Crippen molar-refractivity contribution in [3.05, 3.63) is 41.7 Å². The molecular formula is C21H27NO4Si. The van der Waals surface area contributed by atoms with Gasteiger partial charge in [-0.1, -0.05) is 32.9 Å². The molecule has 6 heteroatoms. The van der Waals surface area contributed by atoms with E-state index in [1.807, 2.05) is 6.07 Å². The molecule has 0 aromatic heterocycles. The molecule has 1 aliphatic heterocycles. The van der Waals surface area contributed by atoms with Gasteiger partial charge in [0.2, 0.25) is 8.32 Å². The number of methoxy groups -OCH3 is 1. The number of Topliss-reactive ketones (excluding diaryl/α,β-unsaturated/α-hetero) is 1. The van der Waals surface area contributed by atoms with Crippen LogP contribution in [0.2, 0.25) is 18.1 Å². The van der Waals surface area contributed by atoms with Crippen LogP contribution in [0.25, 0.3) is 0 Å². The third-order valence-electron chi connectivity index (χ3n) is 6.09. The van der Waals surface area contributed by atoms with Gasteiger partial charge in [0.05, 0.1) is 17.4 Å². The summed E-state index contributed by atoms with van der Waals surface area (Å²) >= 11 is 0. The number of carbonyl (C=O) groups excluding carboxylic acids is 1. The van der Waals surface area contributed by atoms with Crippen molar-refractivity contribution in [1.29, 1.82) is 5.26 Å². The molecule has 0 radical (unpaired) electrons. The van der Waals surface area contributed by atoms with Crippen molar-refractivity contribution in [2.24, 2.45) is 5.41 Å². The van der Waals surface area contributed by atoms with Gasteiger partial charge >= 0.3 is 0 Å². The Labute approximate surface area is 162 Å². The lowest BCUT2D eigenvalue weighted by atomic mass is 9.67. The molecule has 144 valence electrons. The van der Waals surface area contributed by atoms with Crippen LogP contribution in [-0.2, 0) is 9.16 Å². The Hall–Kier alpha value is -2.10. The van der Waals surface area contributed by atoms with E-state index >= 15 is 0 Å². The van der Waals surface area contributed by atoms with Crippen LogP contribution in [0.3, 0.4) is 0 Å². The van der Waals surface area contributed by atoms with Crippen LogP contribution in [0.5, 0.6) is 5.75 Å². The van der Waals surface area contributed by atoms with Crippen LogP contribution >= 0.6 is 0 Å². The second kappa shape index (κ2) is 6.50. The van der Waals surface area contributed by atoms with E-state index in [9.17, 15) is 10.1 Å². The molecule has 0 spiro atoms. The number of nitrogens with zero attached hydrogens (tertiary/aromatic N) is 1. The lowest BCUT2D eigenvalue weighted by Gasteiger charge is -2.46. The Morgan fingerprint density at radius 3 is 2.56 bits per heavy atom. The molecule has 1 heterocycles. The minimum atomic E-state index is -2.06. The Morgan fingerprint density at radius 2 is 1.96 bits per heavy atom. The van der Waals surface area contributed by atoms with Crippen molar-refractivity contribution in [2.45, 2.75) is 57.5 Å². The van der Waals surface area contributed by atoms with Gasteiger partial charge in [-0.15, -0.1) is 0 Å². The molecule has 1 unspecified atom stereocenters. The zero-order valence-electron chi connectivity index (χ0n) is 16.8. The maximum Gasteiger partial charge on any atom is 0.250 e. The zero-order valence-corrected chi connectivity index (χ0v) is 17.8. The van der Waals surface area contributed by atoms with E-state index < -0.39 is 25.9 Å². The number of nitriles is 1. The van der Waals surface area contributed by atoms with E-state index in [0.717, 1.165) is 5.76 Å². The first-order chi connectivity index (χ1) is 12.6. The summed E-state index contributed by atoms with van der Waals surface area (Å²) in [7, 11) is -0.547. The smallest absolute Gasteiger partial charge is 0.250 e. The van der Waals surface area contributed by atoms with Gasteiger partial charge in [-0.25, -0.2) is 0 Å². The number of hydrogen-bond donors (Lipinski definition) is 0. The van der Waals surface area contributed by atoms with Crippen LogP contribution in [0.4, 0.5) is 0 Å². The predicted molar refractivity (Wildman–Crippen MR) is 105 cm³/mol. The van der Waals surface area contributed by atoms with Crippen LogP contribution < -0.4 is 4.74 Å². The lowest BCUT2D eigenvalue weighted by Crippen LogP contribution is -2.57. The number of ketones is 1. The van der Waals surface area contributed by atoms with E-state index in [-0.39, 0.29) is 10.8 Å². The zero-order chi connectivity index (χ0) is 20.0. The second-order valence-electron chi connectivity index (χ2n) is 8.77. The highest BCUT2D eigenvalue weighted by Crippen LogP contribution is 2.48. The highest BCUT2D eigenvalue weighted by atomic mass is 28.4. The van der Waals surface area contributed by atoms with Crippen molar-refractivity contribution in [3.8, 4) is 11.8 Å². The number of hydrogen-bond acceptors (Lipinski definition) is 5. The maximum atomic E-state index is 13.3. The first kappa shape index (κ1) is 19.7. The summed E-state index contributed by atoms with van der Waals surface area (Å²) in [6, 6.07) is 9.30. The summed E-state index contributed by atoms with van der Waals surface area (Å²) < 4.78 is 18.2. The molecule has 0 bridgehead atoms. The van der Waals surface area contributed by atoms with Gasteiger partial charge in [0.15, 0.2) is 11.2 Å². The fraction of sp³-hybridized carbons (Fsp3) is 0.524. The van der Waals surface area contributed by atoms with Crippen molar-refractivity contribution >= 4 is 14.1 Å². The topological polar surface area (TPSA) is 68.6 Å². The lowest BCUT2D eigenvalue weighted by molar-refractivity contribution is -0.0286. The van der Waals surface area contributed by atoms with Gasteiger partial charge in [0.25, 0.3) is 0 Å². The summed E-state index contributed by atoms with van der Waals surface area (Å²) in [5.41, 5.74) is -0.969. The minimum Gasteiger partial charge on any atom is -0.547 e. The molecule has 27 heavy (non-hydrogen) atoms. The first-order valence-corrected chi connectivity index (χ1v) is 12.1. The molecule has 3 atom stereocenters. The van der Waals surface area contributed by atoms with Crippen LogP contribution in [0, 0.1) is 16.7 Å². The van der Waals surface area contributed by atoms with E-state index in [1.165, 1.54) is 7.11 Å². The Balaban J connectivity index is 2.04. The van der Waals surface area contributed by atoms with Gasteiger partial charge in [-0.2, -0.15) is 5.26 Å². The van der Waals surface area contributed by atoms with Crippen LogP contribution in [0.15, 0.2) is 36.1 Å². The summed E-state index contributed by atoms with van der Waals surface area (Å²) in [6.45, 7) is 10.9. The summed E-state index contributed by atoms with van der Waals surface area (Å²) in [4.78, 5) is 13.3. The Morgan fingerprint density at radius 1 is 1.30 bits per heavy atom. The van der Waals surface area contributed by atoms with Gasteiger partial charge in [0.1, 0.15) is 18.0 Å². The molecule has 5 nitrogen and oxygen atoms in total. The third kappa shape index (κ3) is 2.99. The summed E-state index contributed by atoms with van der Waals surface area (Å²) in [6.07, 6.45) is 0.816. The molecule has 2 aliphatic rings. The first-order valence-electron chi connectivity index (χ1n) is 9.21. The summed E-state index contributed by atoms with van der Waals surface area (Å²) in [5.74, 6) is 1.02. The van der Waals surface area contributed by atoms with Crippen molar-refractivity contribution in [2.75, 3.05) is 7.11 Å². The van der Waals surface area contributed by atoms with Crippen LogP contribution in [-0.4, -0.2) is 33.4 Å². The van der Waals surface area contributed by atoms with Gasteiger partial charge in [-0.05, 0) is 36.3 Å². The van der Waals surface area contributed by atoms with Gasteiger partial charge in [-0.3, -0.25) is 4.79 Å². The van der Waals surface area contributed by atoms with E-state index in [4.69, 9.17) is 13.9 Å². The van der Waals surface area contributed by atoms with E-state index in [1.54, 1.807) is 24.3 Å². The monoisotopic (exact) mass is 385 g/mol. The standard InChI is InChI=1S/C21H27NO4Si/c1-20(2,3)27(5,6)26-14-11-17(24-4)21(13-22)18(12-14)25-16-10-8-7-9-15(16)19(21)23/h7-11,17-18H,12H2,1-6H3/t17?,18-,21+/m0/s1. The second-order valence-corrected chi connectivity index (χ2v) is 13.5. The van der Waals surface area contributed by atoms with Crippen molar-refractivity contribution < 1.29 is 18.7 Å². The molecule has 3 rings (SSSR count). The molecule has 0 amide bonds. The Kier molecular flexibility index (Phi) is 4.73. The largest absolute Gasteiger partial charge is 0.547 e. The molecule has 0 fully saturated rings. The fourth-order valence-electron chi connectivity index (χ4n) is 3.44. The van der Waals surface area contributed by atoms with Crippen LogP contribution in [0.1, 0.15) is 37.6 Å². The fourth-order valence-corrected chi connectivity index (χ4v) is 4.55. The SMILES string of the molecule is COC1C=C(O[Si](C)(C)C(C)(C)C)C[C@@H]2Oc3ccccc3C(=O)[C@]12C#N. The van der Waals surface area contributed by atoms with Gasteiger partial charge < -0.3 is 13.9 Å². The average Bonchev–Trinajstić information content (AvgIpc) is 2.60. The number of fused-ring (bicyclic) bond motifs is 2. The molecular weight excluding hydrogens is 358 g/mol. The van der Waals surface area contributed by atoms with E-state index in [2.05, 4.69) is 39.9 Å². The maximum absolute atomic E-state index is 13.3. The van der Waals surface area contributed by atoms with Crippen molar-refractivity contribution in [3.63, 3.8) is 0 Å². The Bertz CT molecular complexity index is 833. The predicted octanol–water partition coefficient (Wildman–Crippen LogP) is 4.46. The summed E-state index contributed by atoms with van der Waals surface area (Å²) in [5, 5.41) is 10.1. The number of carbonyl (C=O) groups is 1. The quantitative estimate of drug-likeness (QED) is 0.718. The molecule has 0 N–H and O–H groups in total. The highest BCUT2D eigenvalue weighted by Gasteiger charge is 2.59. The average molecular weight is 386 g/mol. The number of ether oxygens (including phenoxy) is 2. The van der Waals surface area contributed by atoms with Crippen molar-refractivity contribution in [1.82, 2.24) is 0 Å². The molecule has 1 aromatic rings. The van der Waals surface area contributed by atoms with E-state index in [0.29, 0.717) is 17.7 Å². The third-order valence-corrected chi connectivity index (χ3v) is 10.5. The minimum absolute atomic E-state index is 0.0377. The number of para-hydroxylation sites is 1. The number of rotatable bonds is 3. The number of benzene rings is 1.